The molecule has 3 rings (SSSR count). The maximum absolute atomic E-state index is 12.5. The molecular weight excluding hydrogens is 290 g/mol. The third-order valence-electron chi connectivity index (χ3n) is 3.65. The molecule has 0 aliphatic heterocycles. The molecule has 0 aliphatic rings. The van der Waals surface area contributed by atoms with Crippen LogP contribution < -0.4 is 5.32 Å². The summed E-state index contributed by atoms with van der Waals surface area (Å²) in [6.45, 7) is 9.54. The lowest BCUT2D eigenvalue weighted by molar-refractivity contribution is -0.123. The molecule has 0 saturated heterocycles. The van der Waals surface area contributed by atoms with E-state index in [1.807, 2.05) is 69.5 Å². The highest BCUT2D eigenvalue weighted by atomic mass is 16.3. The maximum atomic E-state index is 12.5. The number of imidazole rings is 1. The Hall–Kier alpha value is -2.56. The van der Waals surface area contributed by atoms with Gasteiger partial charge in [0, 0.05) is 11.6 Å². The highest BCUT2D eigenvalue weighted by molar-refractivity contribution is 5.97. The van der Waals surface area contributed by atoms with Gasteiger partial charge in [0.1, 0.15) is 22.9 Å². The summed E-state index contributed by atoms with van der Waals surface area (Å²) in [4.78, 5) is 17.1. The van der Waals surface area contributed by atoms with Crippen molar-refractivity contribution in [1.82, 2.24) is 9.38 Å². The smallest absolute Gasteiger partial charge is 0.230 e. The molecule has 1 N–H and O–H groups in total. The van der Waals surface area contributed by atoms with Gasteiger partial charge >= 0.3 is 0 Å². The molecule has 0 bridgehead atoms. The zero-order valence-electron chi connectivity index (χ0n) is 14.1. The summed E-state index contributed by atoms with van der Waals surface area (Å²) >= 11 is 0. The van der Waals surface area contributed by atoms with Crippen LogP contribution >= 0.6 is 0 Å². The highest BCUT2D eigenvalue weighted by Gasteiger charge is 2.25. The van der Waals surface area contributed by atoms with Gasteiger partial charge in [0.2, 0.25) is 5.91 Å². The SMILES string of the molecule is Cc1ccc2nc(-c3ccc(C)o3)c(NC(=O)C(C)(C)C)n2c1. The fourth-order valence-corrected chi connectivity index (χ4v) is 2.30. The third kappa shape index (κ3) is 2.86. The molecule has 0 aromatic carbocycles. The lowest BCUT2D eigenvalue weighted by Crippen LogP contribution is -2.28. The number of rotatable bonds is 2. The van der Waals surface area contributed by atoms with Crippen LogP contribution in [-0.4, -0.2) is 15.3 Å². The van der Waals surface area contributed by atoms with Gasteiger partial charge in [0.05, 0.1) is 0 Å². The molecule has 23 heavy (non-hydrogen) atoms. The Kier molecular flexibility index (Phi) is 3.51. The van der Waals surface area contributed by atoms with Gasteiger partial charge in [0.15, 0.2) is 5.76 Å². The standard InChI is InChI=1S/C18H21N3O2/c1-11-6-9-14-19-15(13-8-7-12(2)23-13)16(21(14)10-11)20-17(22)18(3,4)5/h6-10H,1-5H3,(H,20,22). The molecule has 120 valence electrons. The number of hydrogen-bond donors (Lipinski definition) is 1. The zero-order valence-corrected chi connectivity index (χ0v) is 14.1. The van der Waals surface area contributed by atoms with E-state index in [0.29, 0.717) is 17.3 Å². The van der Waals surface area contributed by atoms with E-state index in [2.05, 4.69) is 10.3 Å². The maximum Gasteiger partial charge on any atom is 0.230 e. The number of aromatic nitrogens is 2. The van der Waals surface area contributed by atoms with E-state index in [1.165, 1.54) is 0 Å². The van der Waals surface area contributed by atoms with E-state index >= 15 is 0 Å². The van der Waals surface area contributed by atoms with Crippen LogP contribution in [0.1, 0.15) is 32.1 Å². The van der Waals surface area contributed by atoms with Crippen LogP contribution in [0.25, 0.3) is 17.1 Å². The minimum atomic E-state index is -0.496. The third-order valence-corrected chi connectivity index (χ3v) is 3.65. The van der Waals surface area contributed by atoms with Gasteiger partial charge in [-0.1, -0.05) is 26.8 Å². The molecule has 0 spiro atoms. The van der Waals surface area contributed by atoms with Gasteiger partial charge in [-0.2, -0.15) is 0 Å². The molecule has 1 amide bonds. The molecule has 3 aromatic heterocycles. The Balaban J connectivity index is 2.19. The second kappa shape index (κ2) is 5.26. The Morgan fingerprint density at radius 3 is 2.52 bits per heavy atom. The summed E-state index contributed by atoms with van der Waals surface area (Å²) in [5.74, 6) is 2.03. The summed E-state index contributed by atoms with van der Waals surface area (Å²) in [5, 5.41) is 3.01. The van der Waals surface area contributed by atoms with Crippen molar-refractivity contribution in [2.45, 2.75) is 34.6 Å². The molecule has 0 saturated carbocycles. The molecule has 0 fully saturated rings. The average Bonchev–Trinajstić information content (AvgIpc) is 3.02. The van der Waals surface area contributed by atoms with Gasteiger partial charge in [-0.25, -0.2) is 4.98 Å². The van der Waals surface area contributed by atoms with E-state index in [0.717, 1.165) is 17.0 Å². The van der Waals surface area contributed by atoms with Crippen molar-refractivity contribution in [1.29, 1.82) is 0 Å². The van der Waals surface area contributed by atoms with E-state index in [-0.39, 0.29) is 5.91 Å². The minimum Gasteiger partial charge on any atom is -0.460 e. The number of hydrogen-bond acceptors (Lipinski definition) is 3. The summed E-state index contributed by atoms with van der Waals surface area (Å²) in [5.41, 5.74) is 2.00. The van der Waals surface area contributed by atoms with Crippen LogP contribution in [0.4, 0.5) is 5.82 Å². The van der Waals surface area contributed by atoms with Crippen LogP contribution in [-0.2, 0) is 4.79 Å². The molecule has 5 nitrogen and oxygen atoms in total. The first-order chi connectivity index (χ1) is 10.8. The van der Waals surface area contributed by atoms with Crippen molar-refractivity contribution < 1.29 is 9.21 Å². The molecule has 0 aliphatic carbocycles. The number of aryl methyl sites for hydroxylation is 2. The second-order valence-electron chi connectivity index (χ2n) is 6.86. The van der Waals surface area contributed by atoms with Crippen molar-refractivity contribution in [3.63, 3.8) is 0 Å². The van der Waals surface area contributed by atoms with E-state index in [9.17, 15) is 4.79 Å². The predicted molar refractivity (Wildman–Crippen MR) is 90.5 cm³/mol. The first-order valence-corrected chi connectivity index (χ1v) is 7.63. The molecule has 0 atom stereocenters. The van der Waals surface area contributed by atoms with E-state index in [4.69, 9.17) is 4.42 Å². The number of nitrogens with one attached hydrogen (secondary N) is 1. The average molecular weight is 311 g/mol. The van der Waals surface area contributed by atoms with Crippen molar-refractivity contribution >= 4 is 17.4 Å². The monoisotopic (exact) mass is 311 g/mol. The van der Waals surface area contributed by atoms with Crippen molar-refractivity contribution in [2.24, 2.45) is 5.41 Å². The molecule has 0 radical (unpaired) electrons. The molecule has 5 heteroatoms. The van der Waals surface area contributed by atoms with E-state index in [1.54, 1.807) is 0 Å². The van der Waals surface area contributed by atoms with Crippen molar-refractivity contribution in [3.8, 4) is 11.5 Å². The highest BCUT2D eigenvalue weighted by Crippen LogP contribution is 2.31. The van der Waals surface area contributed by atoms with Crippen LogP contribution in [0.2, 0.25) is 0 Å². The fourth-order valence-electron chi connectivity index (χ4n) is 2.30. The fraction of sp³-hybridized carbons (Fsp3) is 0.333. The van der Waals surface area contributed by atoms with Gasteiger partial charge in [0.25, 0.3) is 0 Å². The van der Waals surface area contributed by atoms with Crippen molar-refractivity contribution in [2.75, 3.05) is 5.32 Å². The molecule has 0 unspecified atom stereocenters. The van der Waals surface area contributed by atoms with Gasteiger partial charge in [-0.05, 0) is 37.6 Å². The number of anilines is 1. The minimum absolute atomic E-state index is 0.0645. The lowest BCUT2D eigenvalue weighted by atomic mass is 9.96. The Bertz CT molecular complexity index is 881. The van der Waals surface area contributed by atoms with Crippen LogP contribution in [0, 0.1) is 19.3 Å². The number of nitrogens with zero attached hydrogens (tertiary/aromatic N) is 2. The first-order valence-electron chi connectivity index (χ1n) is 7.63. The summed E-state index contributed by atoms with van der Waals surface area (Å²) in [7, 11) is 0. The normalized spacial score (nSPS) is 11.9. The second-order valence-corrected chi connectivity index (χ2v) is 6.86. The number of fused-ring (bicyclic) bond motifs is 1. The number of furan rings is 1. The first kappa shape index (κ1) is 15.3. The lowest BCUT2D eigenvalue weighted by Gasteiger charge is -2.18. The number of amides is 1. The van der Waals surface area contributed by atoms with E-state index < -0.39 is 5.41 Å². The summed E-state index contributed by atoms with van der Waals surface area (Å²) in [6.07, 6.45) is 1.96. The van der Waals surface area contributed by atoms with Gasteiger partial charge in [-0.15, -0.1) is 0 Å². The Morgan fingerprint density at radius 1 is 1.17 bits per heavy atom. The zero-order chi connectivity index (χ0) is 16.8. The van der Waals surface area contributed by atoms with Crippen LogP contribution in [0.3, 0.4) is 0 Å². The summed E-state index contributed by atoms with van der Waals surface area (Å²) in [6, 6.07) is 7.69. The molecule has 3 aromatic rings. The Labute approximate surface area is 135 Å². The van der Waals surface area contributed by atoms with Crippen LogP contribution in [0.5, 0.6) is 0 Å². The number of carbonyl (C=O) groups is 1. The summed E-state index contributed by atoms with van der Waals surface area (Å²) < 4.78 is 7.61. The quantitative estimate of drug-likeness (QED) is 0.771. The predicted octanol–water partition coefficient (Wildman–Crippen LogP) is 4.20. The van der Waals surface area contributed by atoms with Crippen molar-refractivity contribution in [3.05, 3.63) is 41.8 Å². The van der Waals surface area contributed by atoms with Crippen LogP contribution in [0.15, 0.2) is 34.9 Å². The van der Waals surface area contributed by atoms with Gasteiger partial charge < -0.3 is 9.73 Å². The topological polar surface area (TPSA) is 59.5 Å². The number of carbonyl (C=O) groups excluding carboxylic acids is 1. The Morgan fingerprint density at radius 2 is 1.91 bits per heavy atom. The number of pyridine rings is 1. The molecular formula is C18H21N3O2. The molecule has 3 heterocycles. The largest absolute Gasteiger partial charge is 0.460 e. The van der Waals surface area contributed by atoms with Gasteiger partial charge in [-0.3, -0.25) is 9.20 Å².